The number of hydrogen-bond acceptors (Lipinski definition) is 2. The maximum Gasteiger partial charge on any atom is 0.170 e. The van der Waals surface area contributed by atoms with Crippen LogP contribution in [0, 0.1) is 5.41 Å². The van der Waals surface area contributed by atoms with Crippen LogP contribution in [0.4, 0.5) is 0 Å². The van der Waals surface area contributed by atoms with Gasteiger partial charge in [0.25, 0.3) is 0 Å². The van der Waals surface area contributed by atoms with Crippen molar-refractivity contribution >= 4 is 5.78 Å². The van der Waals surface area contributed by atoms with Gasteiger partial charge in [0.05, 0.1) is 0 Å². The molecule has 21 heavy (non-hydrogen) atoms. The molecule has 0 aliphatic rings. The number of carbonyl (C=O) groups excluding carboxylic acids is 1. The van der Waals surface area contributed by atoms with Crippen molar-refractivity contribution in [1.82, 2.24) is 0 Å². The van der Waals surface area contributed by atoms with Gasteiger partial charge in [0.15, 0.2) is 5.78 Å². The first-order chi connectivity index (χ1) is 10.2. The Kier molecular flexibility index (Phi) is 4.92. The van der Waals surface area contributed by atoms with Gasteiger partial charge in [-0.05, 0) is 24.0 Å². The third-order valence-electron chi connectivity index (χ3n) is 4.48. The van der Waals surface area contributed by atoms with E-state index in [1.807, 2.05) is 56.3 Å². The zero-order valence-electron chi connectivity index (χ0n) is 12.8. The Morgan fingerprint density at radius 2 is 1.43 bits per heavy atom. The molecular formula is C19H23NO. The van der Waals surface area contributed by atoms with Gasteiger partial charge in [-0.1, -0.05) is 68.4 Å². The molecule has 0 spiro atoms. The summed E-state index contributed by atoms with van der Waals surface area (Å²) in [5.41, 5.74) is 8.48. The first kappa shape index (κ1) is 15.5. The molecule has 0 fully saturated rings. The van der Waals surface area contributed by atoms with E-state index in [1.165, 1.54) is 0 Å². The summed E-state index contributed by atoms with van der Waals surface area (Å²) in [6, 6.07) is 18.0. The number of hydrogen-bond donors (Lipinski definition) is 1. The third kappa shape index (κ3) is 3.06. The first-order valence-corrected chi connectivity index (χ1v) is 7.57. The number of Topliss-reactive ketones (excluding diaryl/α,β-unsaturated/α-hetero) is 1. The number of ketones is 1. The van der Waals surface area contributed by atoms with E-state index in [1.54, 1.807) is 0 Å². The molecule has 2 heteroatoms. The lowest BCUT2D eigenvalue weighted by atomic mass is 9.76. The van der Waals surface area contributed by atoms with E-state index in [9.17, 15) is 4.79 Å². The first-order valence-electron chi connectivity index (χ1n) is 7.57. The molecule has 0 radical (unpaired) electrons. The minimum absolute atomic E-state index is 0.162. The summed E-state index contributed by atoms with van der Waals surface area (Å²) in [4.78, 5) is 12.7. The molecule has 0 atom stereocenters. The summed E-state index contributed by atoms with van der Waals surface area (Å²) in [5.74, 6) is 0.162. The van der Waals surface area contributed by atoms with Crippen molar-refractivity contribution in [1.29, 1.82) is 0 Å². The van der Waals surface area contributed by atoms with Crippen LogP contribution in [0.1, 0.15) is 37.0 Å². The molecule has 0 unspecified atom stereocenters. The molecule has 2 nitrogen and oxygen atoms in total. The molecule has 0 amide bonds. The average Bonchev–Trinajstić information content (AvgIpc) is 2.58. The number of rotatable bonds is 6. The number of nitrogens with two attached hydrogens (primary N) is 1. The van der Waals surface area contributed by atoms with Crippen LogP contribution in [-0.2, 0) is 0 Å². The molecule has 0 bridgehead atoms. The number of benzene rings is 2. The van der Waals surface area contributed by atoms with Crippen LogP contribution in [-0.4, -0.2) is 12.3 Å². The molecular weight excluding hydrogens is 258 g/mol. The molecule has 0 aromatic heterocycles. The van der Waals surface area contributed by atoms with Gasteiger partial charge in [0, 0.05) is 17.5 Å². The van der Waals surface area contributed by atoms with Gasteiger partial charge in [-0.15, -0.1) is 0 Å². The Bertz CT molecular complexity index is 574. The highest BCUT2D eigenvalue weighted by atomic mass is 16.1. The van der Waals surface area contributed by atoms with Crippen molar-refractivity contribution in [3.05, 3.63) is 60.2 Å². The van der Waals surface area contributed by atoms with Crippen molar-refractivity contribution in [2.75, 3.05) is 6.54 Å². The molecule has 2 rings (SSSR count). The Morgan fingerprint density at radius 3 is 1.90 bits per heavy atom. The van der Waals surface area contributed by atoms with Crippen LogP contribution in [0.2, 0.25) is 0 Å². The van der Waals surface area contributed by atoms with Crippen LogP contribution in [0.5, 0.6) is 0 Å². The van der Waals surface area contributed by atoms with Gasteiger partial charge < -0.3 is 5.73 Å². The van der Waals surface area contributed by atoms with Crippen molar-refractivity contribution in [2.45, 2.75) is 26.7 Å². The van der Waals surface area contributed by atoms with Gasteiger partial charge in [-0.3, -0.25) is 4.79 Å². The van der Waals surface area contributed by atoms with Gasteiger partial charge in [0.2, 0.25) is 0 Å². The summed E-state index contributed by atoms with van der Waals surface area (Å²) in [6.07, 6.45) is 1.55. The molecule has 2 N–H and O–H groups in total. The van der Waals surface area contributed by atoms with Gasteiger partial charge in [-0.25, -0.2) is 0 Å². The highest BCUT2D eigenvalue weighted by Crippen LogP contribution is 2.30. The fourth-order valence-corrected chi connectivity index (χ4v) is 2.70. The van der Waals surface area contributed by atoms with Crippen molar-refractivity contribution in [3.8, 4) is 11.1 Å². The summed E-state index contributed by atoms with van der Waals surface area (Å²) < 4.78 is 0. The second kappa shape index (κ2) is 6.68. The van der Waals surface area contributed by atoms with Crippen molar-refractivity contribution < 1.29 is 4.79 Å². The second-order valence-corrected chi connectivity index (χ2v) is 5.46. The molecule has 0 heterocycles. The van der Waals surface area contributed by atoms with E-state index in [0.29, 0.717) is 6.54 Å². The van der Waals surface area contributed by atoms with E-state index in [4.69, 9.17) is 5.73 Å². The molecule has 0 saturated heterocycles. The molecule has 2 aromatic rings. The number of carbonyl (C=O) groups is 1. The Morgan fingerprint density at radius 1 is 0.905 bits per heavy atom. The van der Waals surface area contributed by atoms with E-state index in [2.05, 4.69) is 12.1 Å². The monoisotopic (exact) mass is 281 g/mol. The summed E-state index contributed by atoms with van der Waals surface area (Å²) in [5, 5.41) is 0. The van der Waals surface area contributed by atoms with E-state index < -0.39 is 5.41 Å². The molecule has 0 aliphatic carbocycles. The average molecular weight is 281 g/mol. The van der Waals surface area contributed by atoms with Crippen molar-refractivity contribution in [3.63, 3.8) is 0 Å². The van der Waals surface area contributed by atoms with Crippen LogP contribution in [0.25, 0.3) is 11.1 Å². The molecule has 0 aliphatic heterocycles. The van der Waals surface area contributed by atoms with E-state index >= 15 is 0 Å². The standard InChI is InChI=1S/C19H23NO/c1-3-19(4-2,14-20)18(21)17-12-10-16(11-13-17)15-8-6-5-7-9-15/h5-13H,3-4,14,20H2,1-2H3. The molecule has 2 aromatic carbocycles. The summed E-state index contributed by atoms with van der Waals surface area (Å²) in [6.45, 7) is 4.47. The maximum absolute atomic E-state index is 12.7. The lowest BCUT2D eigenvalue weighted by Gasteiger charge is -2.28. The van der Waals surface area contributed by atoms with E-state index in [-0.39, 0.29) is 5.78 Å². The minimum Gasteiger partial charge on any atom is -0.329 e. The topological polar surface area (TPSA) is 43.1 Å². The second-order valence-electron chi connectivity index (χ2n) is 5.46. The summed E-state index contributed by atoms with van der Waals surface area (Å²) in [7, 11) is 0. The quantitative estimate of drug-likeness (QED) is 0.802. The lowest BCUT2D eigenvalue weighted by molar-refractivity contribution is 0.0787. The zero-order chi connectivity index (χ0) is 15.3. The van der Waals surface area contributed by atoms with Crippen LogP contribution >= 0.6 is 0 Å². The summed E-state index contributed by atoms with van der Waals surface area (Å²) >= 11 is 0. The Hall–Kier alpha value is -1.93. The van der Waals surface area contributed by atoms with E-state index in [0.717, 1.165) is 29.5 Å². The third-order valence-corrected chi connectivity index (χ3v) is 4.48. The fourth-order valence-electron chi connectivity index (χ4n) is 2.70. The predicted molar refractivity (Wildman–Crippen MR) is 88.3 cm³/mol. The smallest absolute Gasteiger partial charge is 0.170 e. The van der Waals surface area contributed by atoms with Crippen LogP contribution in [0.15, 0.2) is 54.6 Å². The minimum atomic E-state index is -0.422. The normalized spacial score (nSPS) is 11.4. The largest absolute Gasteiger partial charge is 0.329 e. The zero-order valence-corrected chi connectivity index (χ0v) is 12.8. The molecule has 110 valence electrons. The van der Waals surface area contributed by atoms with Gasteiger partial charge in [-0.2, -0.15) is 0 Å². The highest BCUT2D eigenvalue weighted by molar-refractivity contribution is 6.01. The van der Waals surface area contributed by atoms with Crippen LogP contribution < -0.4 is 5.73 Å². The van der Waals surface area contributed by atoms with Crippen molar-refractivity contribution in [2.24, 2.45) is 11.1 Å². The Labute approximate surface area is 127 Å². The van der Waals surface area contributed by atoms with Gasteiger partial charge >= 0.3 is 0 Å². The maximum atomic E-state index is 12.7. The van der Waals surface area contributed by atoms with Gasteiger partial charge in [0.1, 0.15) is 0 Å². The molecule has 0 saturated carbocycles. The SMILES string of the molecule is CCC(CC)(CN)C(=O)c1ccc(-c2ccccc2)cc1. The predicted octanol–water partition coefficient (Wildman–Crippen LogP) is 4.30. The Balaban J connectivity index is 2.29. The fraction of sp³-hybridized carbons (Fsp3) is 0.316. The van der Waals surface area contributed by atoms with Crippen LogP contribution in [0.3, 0.4) is 0 Å². The lowest BCUT2D eigenvalue weighted by Crippen LogP contribution is -2.37. The highest BCUT2D eigenvalue weighted by Gasteiger charge is 2.33.